The zero-order chi connectivity index (χ0) is 14.4. The Kier molecular flexibility index (Phi) is 5.68. The Morgan fingerprint density at radius 1 is 1.25 bits per heavy atom. The fraction of sp³-hybridized carbons (Fsp3) is 0.438. The lowest BCUT2D eigenvalue weighted by atomic mass is 10.0. The molecule has 0 aliphatic rings. The van der Waals surface area contributed by atoms with Gasteiger partial charge in [-0.2, -0.15) is 0 Å². The van der Waals surface area contributed by atoms with E-state index in [1.54, 1.807) is 11.8 Å². The number of rotatable bonds is 7. The van der Waals surface area contributed by atoms with Crippen LogP contribution in [0.1, 0.15) is 31.3 Å². The first-order valence-corrected chi connectivity index (χ1v) is 8.38. The Morgan fingerprint density at radius 3 is 2.60 bits per heavy atom. The molecule has 1 N–H and O–H groups in total. The minimum absolute atomic E-state index is 0.323. The highest BCUT2D eigenvalue weighted by Gasteiger charge is 2.14. The van der Waals surface area contributed by atoms with Gasteiger partial charge in [-0.3, -0.25) is 0 Å². The van der Waals surface area contributed by atoms with Crippen LogP contribution in [0.4, 0.5) is 0 Å². The van der Waals surface area contributed by atoms with Gasteiger partial charge in [-0.05, 0) is 37.4 Å². The van der Waals surface area contributed by atoms with Crippen LogP contribution < -0.4 is 5.32 Å². The maximum atomic E-state index is 4.49. The third-order valence-electron chi connectivity index (χ3n) is 3.50. The number of aryl methyl sites for hydroxylation is 1. The highest BCUT2D eigenvalue weighted by molar-refractivity contribution is 7.98. The molecule has 0 amide bonds. The number of aromatic nitrogens is 2. The molecular weight excluding hydrogens is 266 g/mol. The molecule has 0 spiro atoms. The maximum Gasteiger partial charge on any atom is 0.110 e. The van der Waals surface area contributed by atoms with Crippen LogP contribution >= 0.6 is 11.8 Å². The lowest BCUT2D eigenvalue weighted by Gasteiger charge is -2.19. The largest absolute Gasteiger partial charge is 0.335 e. The molecule has 2 aromatic rings. The van der Waals surface area contributed by atoms with Crippen molar-refractivity contribution in [3.63, 3.8) is 0 Å². The van der Waals surface area contributed by atoms with E-state index in [-0.39, 0.29) is 0 Å². The van der Waals surface area contributed by atoms with Crippen molar-refractivity contribution in [3.05, 3.63) is 48.0 Å². The van der Waals surface area contributed by atoms with Crippen molar-refractivity contribution in [1.29, 1.82) is 0 Å². The number of imidazole rings is 1. The highest BCUT2D eigenvalue weighted by Crippen LogP contribution is 2.21. The van der Waals surface area contributed by atoms with Crippen molar-refractivity contribution in [2.24, 2.45) is 0 Å². The van der Waals surface area contributed by atoms with Crippen LogP contribution in [0.5, 0.6) is 0 Å². The van der Waals surface area contributed by atoms with Gasteiger partial charge in [0.05, 0.1) is 0 Å². The lowest BCUT2D eigenvalue weighted by molar-refractivity contribution is 0.522. The summed E-state index contributed by atoms with van der Waals surface area (Å²) < 4.78 is 2.21. The number of hydrogen-bond acceptors (Lipinski definition) is 3. The Hall–Kier alpha value is -1.26. The Labute approximate surface area is 125 Å². The van der Waals surface area contributed by atoms with Crippen molar-refractivity contribution in [2.75, 3.05) is 12.8 Å². The second kappa shape index (κ2) is 7.50. The Balaban J connectivity index is 2.17. The third-order valence-corrected chi connectivity index (χ3v) is 4.24. The molecule has 3 nitrogen and oxygen atoms in total. The summed E-state index contributed by atoms with van der Waals surface area (Å²) in [6, 6.07) is 9.15. The molecule has 108 valence electrons. The zero-order valence-electron chi connectivity index (χ0n) is 12.5. The molecular formula is C16H23N3S. The van der Waals surface area contributed by atoms with Crippen molar-refractivity contribution >= 4 is 11.8 Å². The molecule has 1 unspecified atom stereocenters. The van der Waals surface area contributed by atoms with Gasteiger partial charge in [-0.25, -0.2) is 4.98 Å². The van der Waals surface area contributed by atoms with E-state index in [0.29, 0.717) is 6.04 Å². The minimum Gasteiger partial charge on any atom is -0.335 e. The van der Waals surface area contributed by atoms with Gasteiger partial charge in [0.2, 0.25) is 0 Å². The normalized spacial score (nSPS) is 12.6. The molecule has 2 rings (SSSR count). The second-order valence-corrected chi connectivity index (χ2v) is 5.60. The number of nitrogens with zero attached hydrogens (tertiary/aromatic N) is 2. The van der Waals surface area contributed by atoms with E-state index in [1.165, 1.54) is 10.5 Å². The van der Waals surface area contributed by atoms with Crippen LogP contribution in [0.25, 0.3) is 0 Å². The van der Waals surface area contributed by atoms with E-state index < -0.39 is 0 Å². The average molecular weight is 289 g/mol. The van der Waals surface area contributed by atoms with E-state index in [2.05, 4.69) is 65.4 Å². The van der Waals surface area contributed by atoms with E-state index in [4.69, 9.17) is 0 Å². The van der Waals surface area contributed by atoms with Crippen molar-refractivity contribution in [1.82, 2.24) is 14.9 Å². The van der Waals surface area contributed by atoms with Crippen LogP contribution in [-0.2, 0) is 13.0 Å². The second-order valence-electron chi connectivity index (χ2n) is 4.72. The number of nitrogens with one attached hydrogen (secondary N) is 1. The molecule has 20 heavy (non-hydrogen) atoms. The Bertz CT molecular complexity index is 519. The molecule has 0 saturated carbocycles. The van der Waals surface area contributed by atoms with Gasteiger partial charge < -0.3 is 9.88 Å². The van der Waals surface area contributed by atoms with E-state index in [0.717, 1.165) is 25.3 Å². The standard InChI is InChI=1S/C16H23N3S/c1-4-17-15(12-16-18-10-11-19(16)5-2)13-6-8-14(20-3)9-7-13/h6-11,15,17H,4-5,12H2,1-3H3. The van der Waals surface area contributed by atoms with Crippen molar-refractivity contribution in [3.8, 4) is 0 Å². The van der Waals surface area contributed by atoms with Crippen molar-refractivity contribution in [2.45, 2.75) is 37.8 Å². The third kappa shape index (κ3) is 3.64. The van der Waals surface area contributed by atoms with E-state index in [9.17, 15) is 0 Å². The first-order chi connectivity index (χ1) is 9.78. The molecule has 0 saturated heterocycles. The number of likely N-dealkylation sites (N-methyl/N-ethyl adjacent to an activating group) is 1. The van der Waals surface area contributed by atoms with E-state index >= 15 is 0 Å². The van der Waals surface area contributed by atoms with Gasteiger partial charge in [0.1, 0.15) is 5.82 Å². The van der Waals surface area contributed by atoms with Crippen molar-refractivity contribution < 1.29 is 0 Å². The topological polar surface area (TPSA) is 29.9 Å². The summed E-state index contributed by atoms with van der Waals surface area (Å²) >= 11 is 1.78. The van der Waals surface area contributed by atoms with Crippen LogP contribution in [-0.4, -0.2) is 22.4 Å². The number of thioether (sulfide) groups is 1. The summed E-state index contributed by atoms with van der Waals surface area (Å²) in [5.74, 6) is 1.15. The molecule has 1 heterocycles. The first kappa shape index (κ1) is 15.1. The summed E-state index contributed by atoms with van der Waals surface area (Å²) in [5.41, 5.74) is 1.33. The maximum absolute atomic E-state index is 4.49. The van der Waals surface area contributed by atoms with Crippen LogP contribution in [0.15, 0.2) is 41.6 Å². The van der Waals surface area contributed by atoms with Gasteiger partial charge in [0.15, 0.2) is 0 Å². The van der Waals surface area contributed by atoms with Crippen LogP contribution in [0, 0.1) is 0 Å². The first-order valence-electron chi connectivity index (χ1n) is 7.15. The fourth-order valence-corrected chi connectivity index (χ4v) is 2.80. The lowest BCUT2D eigenvalue weighted by Crippen LogP contribution is -2.24. The number of hydrogen-bond donors (Lipinski definition) is 1. The van der Waals surface area contributed by atoms with Gasteiger partial charge in [-0.15, -0.1) is 11.8 Å². The molecule has 0 aliphatic heterocycles. The summed E-state index contributed by atoms with van der Waals surface area (Å²) in [6.07, 6.45) is 6.97. The van der Waals surface area contributed by atoms with E-state index in [1.807, 2.05) is 6.20 Å². The van der Waals surface area contributed by atoms with Gasteiger partial charge in [0, 0.05) is 36.3 Å². The van der Waals surface area contributed by atoms with Crippen LogP contribution in [0.2, 0.25) is 0 Å². The SMILES string of the molecule is CCNC(Cc1nccn1CC)c1ccc(SC)cc1. The number of benzene rings is 1. The van der Waals surface area contributed by atoms with Gasteiger partial charge >= 0.3 is 0 Å². The van der Waals surface area contributed by atoms with Crippen LogP contribution in [0.3, 0.4) is 0 Å². The zero-order valence-corrected chi connectivity index (χ0v) is 13.3. The molecule has 0 bridgehead atoms. The molecule has 1 aromatic carbocycles. The molecule has 0 aliphatic carbocycles. The predicted octanol–water partition coefficient (Wildman–Crippen LogP) is 3.52. The quantitative estimate of drug-likeness (QED) is 0.791. The fourth-order valence-electron chi connectivity index (χ4n) is 2.39. The highest BCUT2D eigenvalue weighted by atomic mass is 32.2. The molecule has 0 radical (unpaired) electrons. The molecule has 1 aromatic heterocycles. The Morgan fingerprint density at radius 2 is 2.00 bits per heavy atom. The molecule has 4 heteroatoms. The summed E-state index contributed by atoms with van der Waals surface area (Å²) in [4.78, 5) is 5.79. The summed E-state index contributed by atoms with van der Waals surface area (Å²) in [6.45, 7) is 6.23. The summed E-state index contributed by atoms with van der Waals surface area (Å²) in [7, 11) is 0. The monoisotopic (exact) mass is 289 g/mol. The predicted molar refractivity (Wildman–Crippen MR) is 86.2 cm³/mol. The molecule has 0 fully saturated rings. The average Bonchev–Trinajstić information content (AvgIpc) is 2.94. The van der Waals surface area contributed by atoms with Gasteiger partial charge in [-0.1, -0.05) is 19.1 Å². The minimum atomic E-state index is 0.323. The molecule has 1 atom stereocenters. The van der Waals surface area contributed by atoms with Gasteiger partial charge in [0.25, 0.3) is 0 Å². The summed E-state index contributed by atoms with van der Waals surface area (Å²) in [5, 5.41) is 3.57. The smallest absolute Gasteiger partial charge is 0.110 e.